The van der Waals surface area contributed by atoms with Gasteiger partial charge in [-0.1, -0.05) is 24.3 Å². The fourth-order valence-electron chi connectivity index (χ4n) is 2.14. The van der Waals surface area contributed by atoms with Crippen LogP contribution < -0.4 is 4.90 Å². The molecule has 2 aromatic carbocycles. The highest BCUT2D eigenvalue weighted by Crippen LogP contribution is 2.34. The molecule has 0 aliphatic rings. The molecule has 0 heterocycles. The molecular weight excluding hydrogens is 256 g/mol. The maximum Gasteiger partial charge on any atom is 0.293 e. The Bertz CT molecular complexity index is 599. The molecule has 0 radical (unpaired) electrons. The highest BCUT2D eigenvalue weighted by atomic mass is 16.6. The van der Waals surface area contributed by atoms with Gasteiger partial charge >= 0.3 is 0 Å². The highest BCUT2D eigenvalue weighted by molar-refractivity contribution is 5.72. The van der Waals surface area contributed by atoms with Gasteiger partial charge in [-0.25, -0.2) is 0 Å². The van der Waals surface area contributed by atoms with E-state index in [0.717, 1.165) is 5.69 Å². The van der Waals surface area contributed by atoms with Crippen molar-refractivity contribution in [2.24, 2.45) is 0 Å². The lowest BCUT2D eigenvalue weighted by molar-refractivity contribution is -0.384. The largest absolute Gasteiger partial charge is 0.392 e. The number of para-hydroxylation sites is 1. The summed E-state index contributed by atoms with van der Waals surface area (Å²) in [6.45, 7) is 2.35. The topological polar surface area (TPSA) is 66.6 Å². The van der Waals surface area contributed by atoms with Gasteiger partial charge in [-0.05, 0) is 30.7 Å². The Morgan fingerprint density at radius 3 is 2.45 bits per heavy atom. The molecule has 0 unspecified atom stereocenters. The van der Waals surface area contributed by atoms with Gasteiger partial charge in [-0.15, -0.1) is 0 Å². The Morgan fingerprint density at radius 1 is 1.20 bits per heavy atom. The molecule has 0 saturated carbocycles. The summed E-state index contributed by atoms with van der Waals surface area (Å²) in [5.41, 5.74) is 1.96. The second-order valence-corrected chi connectivity index (χ2v) is 4.32. The third-order valence-electron chi connectivity index (χ3n) is 3.09. The average Bonchev–Trinajstić information content (AvgIpc) is 2.49. The van der Waals surface area contributed by atoms with Crippen molar-refractivity contribution >= 4 is 17.1 Å². The van der Waals surface area contributed by atoms with Gasteiger partial charge in [0.25, 0.3) is 5.69 Å². The zero-order chi connectivity index (χ0) is 14.5. The van der Waals surface area contributed by atoms with Gasteiger partial charge in [0.05, 0.1) is 11.5 Å². The van der Waals surface area contributed by atoms with E-state index in [4.69, 9.17) is 5.11 Å². The summed E-state index contributed by atoms with van der Waals surface area (Å²) in [5.74, 6) is 0. The Labute approximate surface area is 117 Å². The fourth-order valence-corrected chi connectivity index (χ4v) is 2.14. The molecule has 0 saturated heterocycles. The SMILES string of the molecule is CCN(c1ccccc1)c1ccc(CO)cc1[N+](=O)[O-]. The maximum absolute atomic E-state index is 11.2. The first-order chi connectivity index (χ1) is 9.67. The van der Waals surface area contributed by atoms with Crippen molar-refractivity contribution in [2.45, 2.75) is 13.5 Å². The van der Waals surface area contributed by atoms with E-state index in [-0.39, 0.29) is 12.3 Å². The summed E-state index contributed by atoms with van der Waals surface area (Å²) in [7, 11) is 0. The van der Waals surface area contributed by atoms with E-state index in [0.29, 0.717) is 17.8 Å². The summed E-state index contributed by atoms with van der Waals surface area (Å²) < 4.78 is 0. The average molecular weight is 272 g/mol. The number of nitro groups is 1. The normalized spacial score (nSPS) is 10.3. The predicted molar refractivity (Wildman–Crippen MR) is 78.1 cm³/mol. The Balaban J connectivity index is 2.52. The van der Waals surface area contributed by atoms with Crippen LogP contribution in [0.15, 0.2) is 48.5 Å². The van der Waals surface area contributed by atoms with Crippen molar-refractivity contribution in [2.75, 3.05) is 11.4 Å². The highest BCUT2D eigenvalue weighted by Gasteiger charge is 2.20. The van der Waals surface area contributed by atoms with Crippen LogP contribution in [0.3, 0.4) is 0 Å². The number of hydrogen-bond donors (Lipinski definition) is 1. The molecule has 0 bridgehead atoms. The van der Waals surface area contributed by atoms with Crippen molar-refractivity contribution in [1.82, 2.24) is 0 Å². The van der Waals surface area contributed by atoms with E-state index in [1.165, 1.54) is 6.07 Å². The van der Waals surface area contributed by atoms with Gasteiger partial charge in [0.1, 0.15) is 5.69 Å². The molecule has 0 atom stereocenters. The van der Waals surface area contributed by atoms with Crippen LogP contribution in [0.1, 0.15) is 12.5 Å². The molecule has 0 fully saturated rings. The number of hydrogen-bond acceptors (Lipinski definition) is 4. The van der Waals surface area contributed by atoms with Crippen LogP contribution in [-0.2, 0) is 6.61 Å². The number of aliphatic hydroxyl groups is 1. The van der Waals surface area contributed by atoms with Crippen LogP contribution in [0.2, 0.25) is 0 Å². The van der Waals surface area contributed by atoms with Crippen LogP contribution in [0.25, 0.3) is 0 Å². The molecule has 0 spiro atoms. The molecule has 20 heavy (non-hydrogen) atoms. The summed E-state index contributed by atoms with van der Waals surface area (Å²) in [4.78, 5) is 12.7. The van der Waals surface area contributed by atoms with Gasteiger partial charge < -0.3 is 10.0 Å². The number of aliphatic hydroxyl groups excluding tert-OH is 1. The van der Waals surface area contributed by atoms with Gasteiger partial charge in [0, 0.05) is 18.3 Å². The van der Waals surface area contributed by atoms with Crippen molar-refractivity contribution in [3.63, 3.8) is 0 Å². The second-order valence-electron chi connectivity index (χ2n) is 4.32. The number of nitrogens with zero attached hydrogens (tertiary/aromatic N) is 2. The minimum atomic E-state index is -0.417. The van der Waals surface area contributed by atoms with Crippen LogP contribution >= 0.6 is 0 Å². The first-order valence-electron chi connectivity index (χ1n) is 6.38. The molecule has 104 valence electrons. The lowest BCUT2D eigenvalue weighted by Gasteiger charge is -2.23. The zero-order valence-electron chi connectivity index (χ0n) is 11.2. The van der Waals surface area contributed by atoms with E-state index in [9.17, 15) is 10.1 Å². The van der Waals surface area contributed by atoms with E-state index >= 15 is 0 Å². The molecular formula is C15H16N2O3. The Morgan fingerprint density at radius 2 is 1.90 bits per heavy atom. The maximum atomic E-state index is 11.2. The van der Waals surface area contributed by atoms with Crippen LogP contribution in [0, 0.1) is 10.1 Å². The smallest absolute Gasteiger partial charge is 0.293 e. The first-order valence-corrected chi connectivity index (χ1v) is 6.38. The van der Waals surface area contributed by atoms with E-state index in [1.807, 2.05) is 42.2 Å². The van der Waals surface area contributed by atoms with Crippen molar-refractivity contribution in [3.8, 4) is 0 Å². The van der Waals surface area contributed by atoms with Crippen molar-refractivity contribution in [3.05, 3.63) is 64.2 Å². The number of benzene rings is 2. The van der Waals surface area contributed by atoms with Gasteiger partial charge in [-0.2, -0.15) is 0 Å². The third-order valence-corrected chi connectivity index (χ3v) is 3.09. The minimum Gasteiger partial charge on any atom is -0.392 e. The standard InChI is InChI=1S/C15H16N2O3/c1-2-16(13-6-4-3-5-7-13)14-9-8-12(11-18)10-15(14)17(19)20/h3-10,18H,2,11H2,1H3. The van der Waals surface area contributed by atoms with Gasteiger partial charge in [-0.3, -0.25) is 10.1 Å². The fraction of sp³-hybridized carbons (Fsp3) is 0.200. The number of rotatable bonds is 5. The molecule has 0 amide bonds. The third kappa shape index (κ3) is 2.78. The molecule has 2 aromatic rings. The molecule has 0 aliphatic carbocycles. The predicted octanol–water partition coefficient (Wildman–Crippen LogP) is 3.25. The summed E-state index contributed by atoms with van der Waals surface area (Å²) in [5, 5.41) is 20.4. The van der Waals surface area contributed by atoms with Gasteiger partial charge in [0.2, 0.25) is 0 Å². The molecule has 0 aromatic heterocycles. The van der Waals surface area contributed by atoms with E-state index in [1.54, 1.807) is 12.1 Å². The van der Waals surface area contributed by atoms with E-state index < -0.39 is 4.92 Å². The zero-order valence-corrected chi connectivity index (χ0v) is 11.2. The van der Waals surface area contributed by atoms with Gasteiger partial charge in [0.15, 0.2) is 0 Å². The van der Waals surface area contributed by atoms with Crippen LogP contribution in [-0.4, -0.2) is 16.6 Å². The molecule has 0 aliphatic heterocycles. The summed E-state index contributed by atoms with van der Waals surface area (Å²) in [6.07, 6.45) is 0. The molecule has 1 N–H and O–H groups in total. The van der Waals surface area contributed by atoms with Crippen LogP contribution in [0.4, 0.5) is 17.1 Å². The Hall–Kier alpha value is -2.40. The monoisotopic (exact) mass is 272 g/mol. The van der Waals surface area contributed by atoms with Crippen molar-refractivity contribution in [1.29, 1.82) is 0 Å². The number of nitro benzene ring substituents is 1. The second kappa shape index (κ2) is 6.16. The Kier molecular flexibility index (Phi) is 4.32. The lowest BCUT2D eigenvalue weighted by atomic mass is 10.1. The first kappa shape index (κ1) is 14.0. The summed E-state index contributed by atoms with van der Waals surface area (Å²) >= 11 is 0. The quantitative estimate of drug-likeness (QED) is 0.670. The molecule has 5 nitrogen and oxygen atoms in total. The molecule has 2 rings (SSSR count). The number of anilines is 2. The lowest BCUT2D eigenvalue weighted by Crippen LogP contribution is -2.17. The minimum absolute atomic E-state index is 0.00209. The molecule has 5 heteroatoms. The summed E-state index contributed by atoms with van der Waals surface area (Å²) in [6, 6.07) is 14.3. The van der Waals surface area contributed by atoms with E-state index in [2.05, 4.69) is 0 Å². The van der Waals surface area contributed by atoms with Crippen LogP contribution in [0.5, 0.6) is 0 Å². The van der Waals surface area contributed by atoms with Crippen molar-refractivity contribution < 1.29 is 10.0 Å².